The van der Waals surface area contributed by atoms with Crippen molar-refractivity contribution in [2.45, 2.75) is 77.4 Å². The van der Waals surface area contributed by atoms with E-state index >= 15 is 0 Å². The summed E-state index contributed by atoms with van der Waals surface area (Å²) in [5.41, 5.74) is 0. The smallest absolute Gasteiger partial charge is 0.0549 e. The summed E-state index contributed by atoms with van der Waals surface area (Å²) in [7, 11) is 0. The molecule has 1 rings (SSSR count). The molecule has 1 aliphatic carbocycles. The number of aliphatic hydroxyl groups is 1. The van der Waals surface area contributed by atoms with Crippen LogP contribution in [0.5, 0.6) is 0 Å². The first kappa shape index (κ1) is 14.0. The Morgan fingerprint density at radius 2 is 1.94 bits per heavy atom. The number of hydrogen-bond acceptors (Lipinski definition) is 2. The van der Waals surface area contributed by atoms with E-state index < -0.39 is 0 Å². The number of rotatable bonds is 8. The summed E-state index contributed by atoms with van der Waals surface area (Å²) in [5.74, 6) is 1.01. The SMILES string of the molecule is CCC(O)CCNC(C)CCC1CCCC1. The molecule has 0 radical (unpaired) electrons. The topological polar surface area (TPSA) is 32.3 Å². The summed E-state index contributed by atoms with van der Waals surface area (Å²) in [6, 6.07) is 0.615. The van der Waals surface area contributed by atoms with Gasteiger partial charge in [0.1, 0.15) is 0 Å². The van der Waals surface area contributed by atoms with Crippen molar-refractivity contribution in [1.82, 2.24) is 5.32 Å². The highest BCUT2D eigenvalue weighted by molar-refractivity contribution is 4.70. The summed E-state index contributed by atoms with van der Waals surface area (Å²) < 4.78 is 0. The van der Waals surface area contributed by atoms with Gasteiger partial charge in [-0.15, -0.1) is 0 Å². The minimum atomic E-state index is -0.116. The van der Waals surface area contributed by atoms with E-state index in [9.17, 15) is 5.11 Å². The summed E-state index contributed by atoms with van der Waals surface area (Å²) in [6.45, 7) is 5.27. The minimum Gasteiger partial charge on any atom is -0.393 e. The molecule has 0 aromatic carbocycles. The highest BCUT2D eigenvalue weighted by atomic mass is 16.3. The fourth-order valence-corrected chi connectivity index (χ4v) is 2.59. The van der Waals surface area contributed by atoms with E-state index in [0.29, 0.717) is 6.04 Å². The van der Waals surface area contributed by atoms with Gasteiger partial charge in [-0.05, 0) is 45.1 Å². The molecule has 0 spiro atoms. The predicted molar refractivity (Wildman–Crippen MR) is 69.6 cm³/mol. The van der Waals surface area contributed by atoms with Gasteiger partial charge in [0, 0.05) is 6.04 Å². The standard InChI is InChI=1S/C14H29NO/c1-3-14(16)10-11-15-12(2)8-9-13-6-4-5-7-13/h12-16H,3-11H2,1-2H3. The lowest BCUT2D eigenvalue weighted by Gasteiger charge is -2.17. The third-order valence-corrected chi connectivity index (χ3v) is 3.92. The van der Waals surface area contributed by atoms with Crippen LogP contribution in [0, 0.1) is 5.92 Å². The number of nitrogens with one attached hydrogen (secondary N) is 1. The summed E-state index contributed by atoms with van der Waals surface area (Å²) in [5, 5.41) is 12.9. The van der Waals surface area contributed by atoms with Crippen molar-refractivity contribution in [3.8, 4) is 0 Å². The van der Waals surface area contributed by atoms with Gasteiger partial charge < -0.3 is 10.4 Å². The molecular formula is C14H29NO. The monoisotopic (exact) mass is 227 g/mol. The van der Waals surface area contributed by atoms with Gasteiger partial charge in [-0.2, -0.15) is 0 Å². The van der Waals surface area contributed by atoms with Crippen molar-refractivity contribution in [3.63, 3.8) is 0 Å². The Morgan fingerprint density at radius 1 is 1.25 bits per heavy atom. The molecule has 96 valence electrons. The largest absolute Gasteiger partial charge is 0.393 e. The molecule has 2 atom stereocenters. The molecule has 2 unspecified atom stereocenters. The number of aliphatic hydroxyl groups excluding tert-OH is 1. The molecule has 0 saturated heterocycles. The molecule has 0 aromatic rings. The fraction of sp³-hybridized carbons (Fsp3) is 1.00. The van der Waals surface area contributed by atoms with Gasteiger partial charge >= 0.3 is 0 Å². The normalized spacial score (nSPS) is 21.2. The minimum absolute atomic E-state index is 0.116. The first-order valence-corrected chi connectivity index (χ1v) is 7.13. The summed E-state index contributed by atoms with van der Waals surface area (Å²) in [4.78, 5) is 0. The van der Waals surface area contributed by atoms with Crippen LogP contribution in [-0.4, -0.2) is 23.8 Å². The van der Waals surface area contributed by atoms with Crippen LogP contribution in [0.1, 0.15) is 65.2 Å². The van der Waals surface area contributed by atoms with Crippen LogP contribution in [0.15, 0.2) is 0 Å². The van der Waals surface area contributed by atoms with E-state index in [-0.39, 0.29) is 6.10 Å². The molecule has 1 saturated carbocycles. The van der Waals surface area contributed by atoms with Crippen molar-refractivity contribution in [2.75, 3.05) is 6.54 Å². The zero-order chi connectivity index (χ0) is 11.8. The molecule has 2 heteroatoms. The van der Waals surface area contributed by atoms with Gasteiger partial charge in [0.25, 0.3) is 0 Å². The molecule has 0 aliphatic heterocycles. The lowest BCUT2D eigenvalue weighted by atomic mass is 9.99. The van der Waals surface area contributed by atoms with E-state index in [1.807, 2.05) is 6.92 Å². The second-order valence-electron chi connectivity index (χ2n) is 5.43. The van der Waals surface area contributed by atoms with E-state index in [0.717, 1.165) is 25.3 Å². The number of hydrogen-bond donors (Lipinski definition) is 2. The molecule has 0 bridgehead atoms. The summed E-state index contributed by atoms with van der Waals surface area (Å²) in [6.07, 6.45) is 10.2. The maximum Gasteiger partial charge on any atom is 0.0549 e. The molecule has 0 heterocycles. The molecule has 16 heavy (non-hydrogen) atoms. The van der Waals surface area contributed by atoms with Crippen LogP contribution in [0.25, 0.3) is 0 Å². The van der Waals surface area contributed by atoms with Crippen molar-refractivity contribution in [2.24, 2.45) is 5.92 Å². The first-order chi connectivity index (χ1) is 7.72. The van der Waals surface area contributed by atoms with Crippen LogP contribution in [0.4, 0.5) is 0 Å². The van der Waals surface area contributed by atoms with E-state index in [1.54, 1.807) is 0 Å². The Morgan fingerprint density at radius 3 is 2.56 bits per heavy atom. The molecule has 2 N–H and O–H groups in total. The quantitative estimate of drug-likeness (QED) is 0.668. The third kappa shape index (κ3) is 5.86. The van der Waals surface area contributed by atoms with Gasteiger partial charge in [-0.1, -0.05) is 32.6 Å². The van der Waals surface area contributed by atoms with Crippen LogP contribution in [0.3, 0.4) is 0 Å². The molecule has 0 amide bonds. The average molecular weight is 227 g/mol. The van der Waals surface area contributed by atoms with Crippen LogP contribution in [0.2, 0.25) is 0 Å². The van der Waals surface area contributed by atoms with Gasteiger partial charge in [-0.25, -0.2) is 0 Å². The molecular weight excluding hydrogens is 198 g/mol. The van der Waals surface area contributed by atoms with Crippen molar-refractivity contribution in [1.29, 1.82) is 0 Å². The third-order valence-electron chi connectivity index (χ3n) is 3.92. The fourth-order valence-electron chi connectivity index (χ4n) is 2.59. The maximum absolute atomic E-state index is 9.43. The van der Waals surface area contributed by atoms with E-state index in [4.69, 9.17) is 0 Å². The van der Waals surface area contributed by atoms with Crippen LogP contribution in [-0.2, 0) is 0 Å². The highest BCUT2D eigenvalue weighted by Crippen LogP contribution is 2.28. The van der Waals surface area contributed by atoms with Crippen molar-refractivity contribution < 1.29 is 5.11 Å². The Kier molecular flexibility index (Phi) is 7.06. The molecule has 1 aliphatic rings. The Balaban J connectivity index is 1.95. The van der Waals surface area contributed by atoms with E-state index in [2.05, 4.69) is 12.2 Å². The summed E-state index contributed by atoms with van der Waals surface area (Å²) >= 11 is 0. The first-order valence-electron chi connectivity index (χ1n) is 7.13. The van der Waals surface area contributed by atoms with Crippen molar-refractivity contribution in [3.05, 3.63) is 0 Å². The lowest BCUT2D eigenvalue weighted by molar-refractivity contribution is 0.158. The Bertz CT molecular complexity index is 166. The lowest BCUT2D eigenvalue weighted by Crippen LogP contribution is -2.29. The zero-order valence-corrected chi connectivity index (χ0v) is 11.0. The average Bonchev–Trinajstić information content (AvgIpc) is 2.79. The van der Waals surface area contributed by atoms with Gasteiger partial charge in [-0.3, -0.25) is 0 Å². The maximum atomic E-state index is 9.43. The van der Waals surface area contributed by atoms with Gasteiger partial charge in [0.2, 0.25) is 0 Å². The Labute approximate surface area is 101 Å². The molecule has 0 aromatic heterocycles. The zero-order valence-electron chi connectivity index (χ0n) is 11.0. The second-order valence-corrected chi connectivity index (χ2v) is 5.43. The molecule has 1 fully saturated rings. The van der Waals surface area contributed by atoms with Gasteiger partial charge in [0.15, 0.2) is 0 Å². The van der Waals surface area contributed by atoms with Crippen LogP contribution >= 0.6 is 0 Å². The predicted octanol–water partition coefficient (Wildman–Crippen LogP) is 3.10. The van der Waals surface area contributed by atoms with Crippen LogP contribution < -0.4 is 5.32 Å². The second kappa shape index (κ2) is 8.08. The van der Waals surface area contributed by atoms with Crippen molar-refractivity contribution >= 4 is 0 Å². The van der Waals surface area contributed by atoms with Gasteiger partial charge in [0.05, 0.1) is 6.10 Å². The Hall–Kier alpha value is -0.0800. The van der Waals surface area contributed by atoms with E-state index in [1.165, 1.54) is 38.5 Å². The highest BCUT2D eigenvalue weighted by Gasteiger charge is 2.15. The molecule has 2 nitrogen and oxygen atoms in total.